The van der Waals surface area contributed by atoms with Crippen molar-refractivity contribution in [1.82, 2.24) is 10.2 Å². The molecule has 0 saturated carbocycles. The SMILES string of the molecule is CCC(CC)(C1=CC=C(c2cc(CC(=O)O)cnn2)C(C)C1)c1ccc(CCC(O)C(C)(C)C)c(C)c1. The van der Waals surface area contributed by atoms with Gasteiger partial charge in [0.1, 0.15) is 0 Å². The van der Waals surface area contributed by atoms with Crippen molar-refractivity contribution in [3.63, 3.8) is 0 Å². The number of aromatic nitrogens is 2. The summed E-state index contributed by atoms with van der Waals surface area (Å²) in [4.78, 5) is 11.1. The molecule has 0 bridgehead atoms. The predicted molar refractivity (Wildman–Crippen MR) is 150 cm³/mol. The van der Waals surface area contributed by atoms with Crippen LogP contribution in [0.1, 0.15) is 95.2 Å². The minimum absolute atomic E-state index is 0.0403. The van der Waals surface area contributed by atoms with Crippen LogP contribution in [0.5, 0.6) is 0 Å². The van der Waals surface area contributed by atoms with E-state index in [1.165, 1.54) is 28.5 Å². The number of carboxylic acid groups (broad SMARTS) is 1. The molecule has 1 aliphatic rings. The molecule has 5 nitrogen and oxygen atoms in total. The van der Waals surface area contributed by atoms with Gasteiger partial charge in [-0.2, -0.15) is 10.2 Å². The summed E-state index contributed by atoms with van der Waals surface area (Å²) in [5, 5.41) is 28.0. The van der Waals surface area contributed by atoms with Crippen LogP contribution < -0.4 is 0 Å². The Balaban J connectivity index is 1.90. The molecule has 0 radical (unpaired) electrons. The molecule has 0 saturated heterocycles. The van der Waals surface area contributed by atoms with Gasteiger partial charge in [0.15, 0.2) is 0 Å². The fourth-order valence-corrected chi connectivity index (χ4v) is 5.67. The number of carbonyl (C=O) groups is 1. The fourth-order valence-electron chi connectivity index (χ4n) is 5.67. The van der Waals surface area contributed by atoms with Crippen LogP contribution in [-0.2, 0) is 23.1 Å². The summed E-state index contributed by atoms with van der Waals surface area (Å²) in [7, 11) is 0. The highest BCUT2D eigenvalue weighted by Gasteiger charge is 2.35. The third-order valence-corrected chi connectivity index (χ3v) is 8.29. The summed E-state index contributed by atoms with van der Waals surface area (Å²) < 4.78 is 0. The topological polar surface area (TPSA) is 83.3 Å². The second-order valence-electron chi connectivity index (χ2n) is 11.8. The van der Waals surface area contributed by atoms with Crippen molar-refractivity contribution in [1.29, 1.82) is 0 Å². The van der Waals surface area contributed by atoms with Crippen molar-refractivity contribution < 1.29 is 15.0 Å². The Kier molecular flexibility index (Phi) is 9.12. The Hall–Kier alpha value is -2.79. The first kappa shape index (κ1) is 28.8. The van der Waals surface area contributed by atoms with Crippen LogP contribution in [0.2, 0.25) is 0 Å². The van der Waals surface area contributed by atoms with E-state index in [0.29, 0.717) is 5.56 Å². The summed E-state index contributed by atoms with van der Waals surface area (Å²) in [5.41, 5.74) is 7.77. The fraction of sp³-hybridized carbons (Fsp3) is 0.531. The average molecular weight is 505 g/mol. The quantitative estimate of drug-likeness (QED) is 0.369. The van der Waals surface area contributed by atoms with E-state index in [0.717, 1.165) is 43.4 Å². The maximum absolute atomic E-state index is 11.1. The van der Waals surface area contributed by atoms with Crippen LogP contribution in [0.4, 0.5) is 0 Å². The van der Waals surface area contributed by atoms with E-state index in [2.05, 4.69) is 89.0 Å². The zero-order valence-electron chi connectivity index (χ0n) is 23.6. The Morgan fingerprint density at radius 2 is 1.84 bits per heavy atom. The van der Waals surface area contributed by atoms with Crippen LogP contribution in [0.25, 0.3) is 5.57 Å². The second-order valence-corrected chi connectivity index (χ2v) is 11.8. The van der Waals surface area contributed by atoms with Gasteiger partial charge in [-0.1, -0.05) is 77.5 Å². The molecular weight excluding hydrogens is 460 g/mol. The Bertz CT molecular complexity index is 1170. The van der Waals surface area contributed by atoms with E-state index in [4.69, 9.17) is 5.11 Å². The first-order valence-corrected chi connectivity index (χ1v) is 13.6. The Morgan fingerprint density at radius 3 is 2.41 bits per heavy atom. The highest BCUT2D eigenvalue weighted by molar-refractivity contribution is 5.72. The summed E-state index contributed by atoms with van der Waals surface area (Å²) in [6.45, 7) is 15.2. The number of aliphatic hydroxyl groups is 1. The number of benzene rings is 1. The number of carboxylic acids is 1. The molecule has 0 aliphatic heterocycles. The lowest BCUT2D eigenvalue weighted by Crippen LogP contribution is -2.30. The number of nitrogens with zero attached hydrogens (tertiary/aromatic N) is 2. The van der Waals surface area contributed by atoms with E-state index >= 15 is 0 Å². The van der Waals surface area contributed by atoms with Gasteiger partial charge in [0.2, 0.25) is 0 Å². The van der Waals surface area contributed by atoms with Crippen LogP contribution in [0, 0.1) is 18.3 Å². The molecular formula is C32H44N2O3. The highest BCUT2D eigenvalue weighted by atomic mass is 16.4. The van der Waals surface area contributed by atoms with Gasteiger partial charge in [0, 0.05) is 5.41 Å². The molecule has 2 N–H and O–H groups in total. The van der Waals surface area contributed by atoms with Gasteiger partial charge in [0.05, 0.1) is 24.4 Å². The standard InChI is InChI=1S/C32H44N2O3/c1-8-32(9-2,25-12-10-24(21(3)16-25)11-15-29(35)31(5,6)7)26-13-14-27(22(4)17-26)28-18-23(19-30(36)37)20-33-34-28/h10,12-14,16,18,20,22,29,35H,8-9,11,15,17,19H2,1-7H3,(H,36,37). The third kappa shape index (κ3) is 6.56. The molecule has 200 valence electrons. The van der Waals surface area contributed by atoms with Gasteiger partial charge in [-0.05, 0) is 84.3 Å². The molecule has 1 aliphatic carbocycles. The smallest absolute Gasteiger partial charge is 0.307 e. The highest BCUT2D eigenvalue weighted by Crippen LogP contribution is 2.46. The van der Waals surface area contributed by atoms with E-state index in [1.54, 1.807) is 0 Å². The molecule has 0 amide bonds. The molecule has 0 spiro atoms. The van der Waals surface area contributed by atoms with Gasteiger partial charge >= 0.3 is 5.97 Å². The summed E-state index contributed by atoms with van der Waals surface area (Å²) >= 11 is 0. The van der Waals surface area contributed by atoms with Crippen LogP contribution in [-0.4, -0.2) is 32.5 Å². The number of rotatable bonds is 10. The van der Waals surface area contributed by atoms with Crippen molar-refractivity contribution in [3.05, 3.63) is 76.1 Å². The average Bonchev–Trinajstić information content (AvgIpc) is 2.83. The van der Waals surface area contributed by atoms with Crippen LogP contribution in [0.15, 0.2) is 48.2 Å². The van der Waals surface area contributed by atoms with E-state index in [9.17, 15) is 9.90 Å². The van der Waals surface area contributed by atoms with Crippen molar-refractivity contribution in [2.75, 3.05) is 0 Å². The minimum Gasteiger partial charge on any atom is -0.481 e. The number of allylic oxidation sites excluding steroid dienone is 4. The molecule has 2 unspecified atom stereocenters. The first-order chi connectivity index (χ1) is 17.4. The maximum Gasteiger partial charge on any atom is 0.307 e. The van der Waals surface area contributed by atoms with Gasteiger partial charge in [-0.25, -0.2) is 0 Å². The van der Waals surface area contributed by atoms with Crippen molar-refractivity contribution in [2.24, 2.45) is 11.3 Å². The first-order valence-electron chi connectivity index (χ1n) is 13.6. The van der Waals surface area contributed by atoms with Crippen LogP contribution in [0.3, 0.4) is 0 Å². The lowest BCUT2D eigenvalue weighted by Gasteiger charge is -2.39. The normalized spacial score (nSPS) is 17.2. The molecule has 3 rings (SSSR count). The van der Waals surface area contributed by atoms with Gasteiger partial charge in [-0.15, -0.1) is 0 Å². The zero-order valence-corrected chi connectivity index (χ0v) is 23.6. The number of aliphatic carboxylic acids is 1. The number of aryl methyl sites for hydroxylation is 2. The van der Waals surface area contributed by atoms with Crippen LogP contribution >= 0.6 is 0 Å². The Morgan fingerprint density at radius 1 is 1.14 bits per heavy atom. The van der Waals surface area contributed by atoms with Gasteiger partial charge in [-0.3, -0.25) is 4.79 Å². The molecule has 1 aromatic carbocycles. The minimum atomic E-state index is -0.867. The molecule has 2 atom stereocenters. The number of aliphatic hydroxyl groups excluding tert-OH is 1. The molecule has 1 heterocycles. The summed E-state index contributed by atoms with van der Waals surface area (Å²) in [6.07, 6.45) is 10.2. The summed E-state index contributed by atoms with van der Waals surface area (Å²) in [6, 6.07) is 8.77. The lowest BCUT2D eigenvalue weighted by molar-refractivity contribution is -0.136. The zero-order chi connectivity index (χ0) is 27.4. The van der Waals surface area contributed by atoms with Crippen molar-refractivity contribution in [2.45, 2.75) is 98.5 Å². The maximum atomic E-state index is 11.1. The lowest BCUT2D eigenvalue weighted by atomic mass is 9.65. The number of hydrogen-bond acceptors (Lipinski definition) is 4. The molecule has 1 aromatic heterocycles. The monoisotopic (exact) mass is 504 g/mol. The van der Waals surface area contributed by atoms with E-state index in [1.807, 2.05) is 6.07 Å². The number of hydrogen-bond donors (Lipinski definition) is 2. The predicted octanol–water partition coefficient (Wildman–Crippen LogP) is 6.86. The Labute approximate surface area is 222 Å². The van der Waals surface area contributed by atoms with Gasteiger partial charge in [0.25, 0.3) is 0 Å². The third-order valence-electron chi connectivity index (χ3n) is 8.29. The molecule has 0 fully saturated rings. The van der Waals surface area contributed by atoms with Gasteiger partial charge < -0.3 is 10.2 Å². The largest absolute Gasteiger partial charge is 0.481 e. The van der Waals surface area contributed by atoms with E-state index in [-0.39, 0.29) is 29.3 Å². The van der Waals surface area contributed by atoms with Crippen molar-refractivity contribution in [3.8, 4) is 0 Å². The molecule has 5 heteroatoms. The summed E-state index contributed by atoms with van der Waals surface area (Å²) in [5.74, 6) is -0.611. The van der Waals surface area contributed by atoms with Crippen molar-refractivity contribution >= 4 is 11.5 Å². The second kappa shape index (κ2) is 11.7. The molecule has 2 aromatic rings. The van der Waals surface area contributed by atoms with E-state index < -0.39 is 5.97 Å². The molecule has 37 heavy (non-hydrogen) atoms.